The summed E-state index contributed by atoms with van der Waals surface area (Å²) in [5.74, 6) is 0.542. The van der Waals surface area contributed by atoms with Gasteiger partial charge in [-0.25, -0.2) is 4.99 Å². The Morgan fingerprint density at radius 2 is 2.00 bits per heavy atom. The van der Waals surface area contributed by atoms with Crippen molar-refractivity contribution in [1.29, 1.82) is 0 Å². The normalized spacial score (nSPS) is 16.7. The molecule has 9 heteroatoms. The number of nitrogens with two attached hydrogens (primary N) is 1. The van der Waals surface area contributed by atoms with Crippen molar-refractivity contribution < 1.29 is 9.59 Å². The largest absolute Gasteiger partial charge is 0.387 e. The second-order valence-electron chi connectivity index (χ2n) is 10.7. The van der Waals surface area contributed by atoms with Gasteiger partial charge in [-0.1, -0.05) is 27.7 Å². The van der Waals surface area contributed by atoms with Crippen molar-refractivity contribution in [3.05, 3.63) is 21.4 Å². The Labute approximate surface area is 214 Å². The second kappa shape index (κ2) is 12.6. The van der Waals surface area contributed by atoms with Gasteiger partial charge in [-0.15, -0.1) is 11.3 Å². The number of thiophene rings is 1. The lowest BCUT2D eigenvalue weighted by molar-refractivity contribution is -0.127. The molecule has 0 unspecified atom stereocenters. The van der Waals surface area contributed by atoms with E-state index in [9.17, 15) is 9.59 Å². The Balaban J connectivity index is 1.63. The fourth-order valence-corrected chi connectivity index (χ4v) is 5.48. The molecular formula is C26H42N6O2S. The molecule has 2 amide bonds. The number of rotatable bonds is 10. The van der Waals surface area contributed by atoms with Crippen LogP contribution in [0.1, 0.15) is 63.1 Å². The van der Waals surface area contributed by atoms with E-state index in [1.165, 1.54) is 4.88 Å². The van der Waals surface area contributed by atoms with E-state index in [-0.39, 0.29) is 17.2 Å². The molecule has 194 valence electrons. The second-order valence-corrected chi connectivity index (χ2v) is 11.8. The van der Waals surface area contributed by atoms with Gasteiger partial charge in [-0.3, -0.25) is 14.5 Å². The Morgan fingerprint density at radius 1 is 1.26 bits per heavy atom. The number of nitrogens with zero attached hydrogens (tertiary/aromatic N) is 3. The highest BCUT2D eigenvalue weighted by Gasteiger charge is 2.23. The zero-order valence-corrected chi connectivity index (χ0v) is 22.6. The molecular weight excluding hydrogens is 460 g/mol. The minimum atomic E-state index is -0.0345. The van der Waals surface area contributed by atoms with Crippen molar-refractivity contribution >= 4 is 40.8 Å². The molecule has 2 aliphatic rings. The number of aliphatic imine (C=N–C) groups is 1. The summed E-state index contributed by atoms with van der Waals surface area (Å²) in [6.07, 6.45) is 4.43. The van der Waals surface area contributed by atoms with E-state index < -0.39 is 0 Å². The number of hydrogen-bond donors (Lipinski definition) is 3. The third kappa shape index (κ3) is 8.74. The third-order valence-corrected chi connectivity index (χ3v) is 7.05. The summed E-state index contributed by atoms with van der Waals surface area (Å²) in [5.41, 5.74) is 7.74. The average molecular weight is 503 g/mol. The summed E-state index contributed by atoms with van der Waals surface area (Å²) in [6, 6.07) is 2.11. The van der Waals surface area contributed by atoms with E-state index in [1.807, 2.05) is 11.0 Å². The molecule has 1 fully saturated rings. The van der Waals surface area contributed by atoms with Crippen LogP contribution in [0.15, 0.2) is 16.6 Å². The molecule has 0 spiro atoms. The van der Waals surface area contributed by atoms with Crippen molar-refractivity contribution in [2.24, 2.45) is 16.1 Å². The number of piperazine rings is 1. The van der Waals surface area contributed by atoms with E-state index >= 15 is 0 Å². The summed E-state index contributed by atoms with van der Waals surface area (Å²) in [5, 5.41) is 6.37. The molecule has 1 saturated heterocycles. The quantitative estimate of drug-likeness (QED) is 0.427. The molecule has 3 heterocycles. The van der Waals surface area contributed by atoms with E-state index in [4.69, 9.17) is 5.73 Å². The predicted molar refractivity (Wildman–Crippen MR) is 145 cm³/mol. The SMILES string of the molecule is CCCN(CCCNC(=O)CC(C)(C)C)C(=O)C1=Cc2sc(CN3CCNCC3)cc2N=C(N)C1. The van der Waals surface area contributed by atoms with Crippen molar-refractivity contribution in [3.8, 4) is 0 Å². The maximum absolute atomic E-state index is 13.5. The highest BCUT2D eigenvalue weighted by Crippen LogP contribution is 2.35. The van der Waals surface area contributed by atoms with Crippen LogP contribution in [0.3, 0.4) is 0 Å². The molecule has 3 rings (SSSR count). The van der Waals surface area contributed by atoms with Crippen molar-refractivity contribution in [3.63, 3.8) is 0 Å². The van der Waals surface area contributed by atoms with Crippen LogP contribution >= 0.6 is 11.3 Å². The number of carbonyl (C=O) groups is 2. The molecule has 0 saturated carbocycles. The molecule has 8 nitrogen and oxygen atoms in total. The molecule has 1 aromatic rings. The van der Waals surface area contributed by atoms with E-state index in [2.05, 4.69) is 54.3 Å². The summed E-state index contributed by atoms with van der Waals surface area (Å²) >= 11 is 1.70. The summed E-state index contributed by atoms with van der Waals surface area (Å²) in [7, 11) is 0. The zero-order chi connectivity index (χ0) is 25.4. The Bertz CT molecular complexity index is 940. The lowest BCUT2D eigenvalue weighted by Crippen LogP contribution is -2.42. The Kier molecular flexibility index (Phi) is 9.89. The first-order valence-corrected chi connectivity index (χ1v) is 13.6. The van der Waals surface area contributed by atoms with E-state index in [1.54, 1.807) is 11.3 Å². The van der Waals surface area contributed by atoms with Crippen LogP contribution < -0.4 is 16.4 Å². The van der Waals surface area contributed by atoms with Crippen LogP contribution in [0.25, 0.3) is 6.08 Å². The highest BCUT2D eigenvalue weighted by atomic mass is 32.1. The number of amides is 2. The highest BCUT2D eigenvalue weighted by molar-refractivity contribution is 7.13. The zero-order valence-electron chi connectivity index (χ0n) is 21.8. The van der Waals surface area contributed by atoms with Crippen LogP contribution in [0.5, 0.6) is 0 Å². The van der Waals surface area contributed by atoms with Crippen LogP contribution in [0.2, 0.25) is 0 Å². The van der Waals surface area contributed by atoms with Gasteiger partial charge in [0.15, 0.2) is 0 Å². The molecule has 0 aliphatic carbocycles. The maximum Gasteiger partial charge on any atom is 0.250 e. The van der Waals surface area contributed by atoms with Crippen LogP contribution in [-0.4, -0.2) is 73.3 Å². The standard InChI is InChI=1S/C26H42N6O2S/c1-5-10-32(11-6-7-29-24(33)17-26(2,3)4)25(34)19-14-22-21(30-23(27)15-19)16-20(35-22)18-31-12-8-28-9-13-31/h14,16,28H,5-13,15,17-18H2,1-4H3,(H2,27,30)(H,29,33). The van der Waals surface area contributed by atoms with Gasteiger partial charge in [0, 0.05) is 75.6 Å². The molecule has 0 atom stereocenters. The molecule has 1 aromatic heterocycles. The topological polar surface area (TPSA) is 103 Å². The fraction of sp³-hybridized carbons (Fsp3) is 0.654. The summed E-state index contributed by atoms with van der Waals surface area (Å²) < 4.78 is 0. The summed E-state index contributed by atoms with van der Waals surface area (Å²) in [6.45, 7) is 15.1. The van der Waals surface area contributed by atoms with E-state index in [0.29, 0.717) is 43.9 Å². The van der Waals surface area contributed by atoms with Gasteiger partial charge >= 0.3 is 0 Å². The third-order valence-electron chi connectivity index (χ3n) is 5.99. The number of amidine groups is 1. The Hall–Kier alpha value is -2.23. The first kappa shape index (κ1) is 27.4. The van der Waals surface area contributed by atoms with Gasteiger partial charge in [0.1, 0.15) is 5.84 Å². The number of carbonyl (C=O) groups excluding carboxylic acids is 2. The lowest BCUT2D eigenvalue weighted by Gasteiger charge is -2.26. The minimum Gasteiger partial charge on any atom is -0.387 e. The van der Waals surface area contributed by atoms with Crippen molar-refractivity contribution in [1.82, 2.24) is 20.4 Å². The molecule has 0 bridgehead atoms. The number of fused-ring (bicyclic) bond motifs is 1. The predicted octanol–water partition coefficient (Wildman–Crippen LogP) is 3.11. The monoisotopic (exact) mass is 502 g/mol. The van der Waals surface area contributed by atoms with E-state index in [0.717, 1.165) is 56.1 Å². The number of nitrogens with one attached hydrogen (secondary N) is 2. The first-order valence-electron chi connectivity index (χ1n) is 12.8. The van der Waals surface area contributed by atoms with Gasteiger partial charge < -0.3 is 21.3 Å². The van der Waals surface area contributed by atoms with Crippen LogP contribution in [0, 0.1) is 5.41 Å². The van der Waals surface area contributed by atoms with Crippen molar-refractivity contribution in [2.45, 2.75) is 59.9 Å². The smallest absolute Gasteiger partial charge is 0.250 e. The maximum atomic E-state index is 13.5. The average Bonchev–Trinajstić information content (AvgIpc) is 3.06. The number of hydrogen-bond acceptors (Lipinski definition) is 7. The minimum absolute atomic E-state index is 0.0101. The van der Waals surface area contributed by atoms with Crippen molar-refractivity contribution in [2.75, 3.05) is 45.8 Å². The molecule has 2 aliphatic heterocycles. The van der Waals surface area contributed by atoms with Gasteiger partial charge in [0.25, 0.3) is 0 Å². The molecule has 0 radical (unpaired) electrons. The summed E-state index contributed by atoms with van der Waals surface area (Å²) in [4.78, 5) is 36.8. The van der Waals surface area contributed by atoms with Crippen LogP contribution in [-0.2, 0) is 16.1 Å². The molecule has 35 heavy (non-hydrogen) atoms. The van der Waals surface area contributed by atoms with Crippen LogP contribution in [0.4, 0.5) is 5.69 Å². The van der Waals surface area contributed by atoms with Gasteiger partial charge in [0.05, 0.1) is 10.6 Å². The van der Waals surface area contributed by atoms with Gasteiger partial charge in [0.2, 0.25) is 11.8 Å². The lowest BCUT2D eigenvalue weighted by atomic mass is 9.92. The Morgan fingerprint density at radius 3 is 2.69 bits per heavy atom. The van der Waals surface area contributed by atoms with Gasteiger partial charge in [-0.2, -0.15) is 0 Å². The molecule has 0 aromatic carbocycles. The fourth-order valence-electron chi connectivity index (χ4n) is 4.37. The van der Waals surface area contributed by atoms with Gasteiger partial charge in [-0.05, 0) is 30.4 Å². The first-order chi connectivity index (χ1) is 16.6. The molecule has 4 N–H and O–H groups in total.